The van der Waals surface area contributed by atoms with Crippen LogP contribution in [0.2, 0.25) is 0 Å². The number of allylic oxidation sites excluding steroid dienone is 4. The molecule has 0 fully saturated rings. The fraction of sp³-hybridized carbons (Fsp3) is 0.611. The van der Waals surface area contributed by atoms with Crippen molar-refractivity contribution in [3.05, 3.63) is 36.5 Å². The van der Waals surface area contributed by atoms with Gasteiger partial charge in [-0.2, -0.15) is 0 Å². The van der Waals surface area contributed by atoms with Gasteiger partial charge in [0.2, 0.25) is 0 Å². The molecule has 0 spiro atoms. The van der Waals surface area contributed by atoms with Gasteiger partial charge in [-0.1, -0.05) is 62.6 Å². The van der Waals surface area contributed by atoms with E-state index in [2.05, 4.69) is 19.1 Å². The fourth-order valence-corrected chi connectivity index (χ4v) is 1.91. The SMILES string of the molecule is CC/C=C\C=C/C(O)C/C=C\CCCCCCCC(=O)O. The summed E-state index contributed by atoms with van der Waals surface area (Å²) >= 11 is 0. The van der Waals surface area contributed by atoms with Crippen molar-refractivity contribution in [2.45, 2.75) is 70.8 Å². The van der Waals surface area contributed by atoms with Gasteiger partial charge in [-0.05, 0) is 32.1 Å². The minimum Gasteiger partial charge on any atom is -0.481 e. The number of rotatable bonds is 13. The topological polar surface area (TPSA) is 57.5 Å². The summed E-state index contributed by atoms with van der Waals surface area (Å²) < 4.78 is 0. The molecular formula is C18H30O3. The lowest BCUT2D eigenvalue weighted by Gasteiger charge is -2.00. The monoisotopic (exact) mass is 294 g/mol. The second-order valence-electron chi connectivity index (χ2n) is 5.20. The smallest absolute Gasteiger partial charge is 0.303 e. The van der Waals surface area contributed by atoms with Crippen molar-refractivity contribution in [3.8, 4) is 0 Å². The Balaban J connectivity index is 3.41. The standard InChI is InChI=1S/C18H30O3/c1-2-3-4-11-14-17(19)15-12-9-7-5-6-8-10-13-16-18(20)21/h3-4,9,11-12,14,17,19H,2,5-8,10,13,15-16H2,1H3,(H,20,21)/b4-3-,12-9-,14-11-. The Bertz CT molecular complexity index is 329. The molecule has 2 N–H and O–H groups in total. The van der Waals surface area contributed by atoms with Crippen LogP contribution in [0.25, 0.3) is 0 Å². The lowest BCUT2D eigenvalue weighted by atomic mass is 10.1. The summed E-state index contributed by atoms with van der Waals surface area (Å²) in [7, 11) is 0. The van der Waals surface area contributed by atoms with Gasteiger partial charge in [0, 0.05) is 6.42 Å². The van der Waals surface area contributed by atoms with E-state index >= 15 is 0 Å². The molecule has 120 valence electrons. The summed E-state index contributed by atoms with van der Waals surface area (Å²) in [4.78, 5) is 10.3. The fourth-order valence-electron chi connectivity index (χ4n) is 1.91. The van der Waals surface area contributed by atoms with Gasteiger partial charge in [0.05, 0.1) is 6.10 Å². The molecule has 0 aromatic rings. The van der Waals surface area contributed by atoms with Crippen molar-refractivity contribution in [2.24, 2.45) is 0 Å². The molecule has 0 saturated carbocycles. The van der Waals surface area contributed by atoms with Crippen LogP contribution in [0.15, 0.2) is 36.5 Å². The number of aliphatic carboxylic acids is 1. The lowest BCUT2D eigenvalue weighted by molar-refractivity contribution is -0.137. The maximum Gasteiger partial charge on any atom is 0.303 e. The molecular weight excluding hydrogens is 264 g/mol. The molecule has 0 aromatic heterocycles. The second kappa shape index (κ2) is 15.0. The lowest BCUT2D eigenvalue weighted by Crippen LogP contribution is -1.98. The van der Waals surface area contributed by atoms with Gasteiger partial charge in [0.15, 0.2) is 0 Å². The quantitative estimate of drug-likeness (QED) is 0.296. The molecule has 0 amide bonds. The Hall–Kier alpha value is -1.35. The first-order chi connectivity index (χ1) is 10.2. The van der Waals surface area contributed by atoms with E-state index in [1.54, 1.807) is 6.08 Å². The van der Waals surface area contributed by atoms with E-state index in [1.807, 2.05) is 18.2 Å². The van der Waals surface area contributed by atoms with Crippen molar-refractivity contribution in [1.82, 2.24) is 0 Å². The van der Waals surface area contributed by atoms with Gasteiger partial charge in [-0.15, -0.1) is 0 Å². The number of hydrogen-bond acceptors (Lipinski definition) is 2. The first-order valence-electron chi connectivity index (χ1n) is 8.05. The Morgan fingerprint density at radius 2 is 1.71 bits per heavy atom. The van der Waals surface area contributed by atoms with E-state index < -0.39 is 12.1 Å². The predicted molar refractivity (Wildman–Crippen MR) is 88.3 cm³/mol. The summed E-state index contributed by atoms with van der Waals surface area (Å²) in [5.74, 6) is -0.698. The van der Waals surface area contributed by atoms with Crippen LogP contribution in [0.1, 0.15) is 64.7 Å². The molecule has 1 atom stereocenters. The zero-order valence-corrected chi connectivity index (χ0v) is 13.2. The van der Waals surface area contributed by atoms with Gasteiger partial charge in [0.25, 0.3) is 0 Å². The number of carboxylic acids is 1. The summed E-state index contributed by atoms with van der Waals surface area (Å²) in [5, 5.41) is 18.2. The van der Waals surface area contributed by atoms with Crippen LogP contribution >= 0.6 is 0 Å². The highest BCUT2D eigenvalue weighted by atomic mass is 16.4. The zero-order chi connectivity index (χ0) is 15.8. The average molecular weight is 294 g/mol. The van der Waals surface area contributed by atoms with E-state index in [1.165, 1.54) is 0 Å². The van der Waals surface area contributed by atoms with Gasteiger partial charge in [-0.25, -0.2) is 0 Å². The molecule has 0 radical (unpaired) electrons. The second-order valence-corrected chi connectivity index (χ2v) is 5.20. The number of unbranched alkanes of at least 4 members (excludes halogenated alkanes) is 5. The highest BCUT2D eigenvalue weighted by Crippen LogP contribution is 2.08. The summed E-state index contributed by atoms with van der Waals surface area (Å²) in [5.41, 5.74) is 0. The minimum atomic E-state index is -0.698. The molecule has 0 rings (SSSR count). The Morgan fingerprint density at radius 1 is 1.00 bits per heavy atom. The Labute approximate surface area is 129 Å². The maximum atomic E-state index is 10.3. The summed E-state index contributed by atoms with van der Waals surface area (Å²) in [6, 6.07) is 0. The third-order valence-electron chi connectivity index (χ3n) is 3.12. The molecule has 1 unspecified atom stereocenters. The number of hydrogen-bond donors (Lipinski definition) is 2. The van der Waals surface area contributed by atoms with Crippen molar-refractivity contribution < 1.29 is 15.0 Å². The maximum absolute atomic E-state index is 10.3. The van der Waals surface area contributed by atoms with E-state index in [0.29, 0.717) is 12.8 Å². The average Bonchev–Trinajstić information content (AvgIpc) is 2.45. The van der Waals surface area contributed by atoms with Gasteiger partial charge >= 0.3 is 5.97 Å². The van der Waals surface area contributed by atoms with E-state index in [4.69, 9.17) is 5.11 Å². The normalized spacial score (nSPS) is 13.6. The van der Waals surface area contributed by atoms with Crippen LogP contribution in [-0.4, -0.2) is 22.3 Å². The van der Waals surface area contributed by atoms with Crippen LogP contribution in [-0.2, 0) is 4.79 Å². The van der Waals surface area contributed by atoms with Crippen molar-refractivity contribution in [3.63, 3.8) is 0 Å². The molecule has 0 bridgehead atoms. The van der Waals surface area contributed by atoms with Crippen molar-refractivity contribution >= 4 is 5.97 Å². The van der Waals surface area contributed by atoms with Crippen molar-refractivity contribution in [2.75, 3.05) is 0 Å². The molecule has 3 nitrogen and oxygen atoms in total. The van der Waals surface area contributed by atoms with Crippen LogP contribution in [0.5, 0.6) is 0 Å². The predicted octanol–water partition coefficient (Wildman–Crippen LogP) is 4.63. The number of carbonyl (C=O) groups is 1. The molecule has 0 aromatic carbocycles. The molecule has 0 aliphatic heterocycles. The Morgan fingerprint density at radius 3 is 2.43 bits per heavy atom. The van der Waals surface area contributed by atoms with Crippen molar-refractivity contribution in [1.29, 1.82) is 0 Å². The minimum absolute atomic E-state index is 0.290. The van der Waals surface area contributed by atoms with E-state index in [0.717, 1.165) is 44.9 Å². The first kappa shape index (κ1) is 19.7. The van der Waals surface area contributed by atoms with Crippen LogP contribution in [0.3, 0.4) is 0 Å². The molecule has 3 heteroatoms. The van der Waals surface area contributed by atoms with Crippen LogP contribution < -0.4 is 0 Å². The number of carboxylic acid groups (broad SMARTS) is 1. The van der Waals surface area contributed by atoms with Gasteiger partial charge < -0.3 is 10.2 Å². The third-order valence-corrected chi connectivity index (χ3v) is 3.12. The summed E-state index contributed by atoms with van der Waals surface area (Å²) in [6.45, 7) is 2.08. The number of aliphatic hydroxyl groups is 1. The van der Waals surface area contributed by atoms with Gasteiger partial charge in [0.1, 0.15) is 0 Å². The van der Waals surface area contributed by atoms with E-state index in [-0.39, 0.29) is 0 Å². The molecule has 0 aliphatic carbocycles. The largest absolute Gasteiger partial charge is 0.481 e. The molecule has 0 aliphatic rings. The third kappa shape index (κ3) is 16.6. The number of aliphatic hydroxyl groups excluding tert-OH is 1. The van der Waals surface area contributed by atoms with E-state index in [9.17, 15) is 9.90 Å². The van der Waals surface area contributed by atoms with Crippen LogP contribution in [0.4, 0.5) is 0 Å². The molecule has 21 heavy (non-hydrogen) atoms. The first-order valence-corrected chi connectivity index (χ1v) is 8.05. The van der Waals surface area contributed by atoms with Gasteiger partial charge in [-0.3, -0.25) is 4.79 Å². The van der Waals surface area contributed by atoms with Crippen LogP contribution in [0, 0.1) is 0 Å². The molecule has 0 saturated heterocycles. The highest BCUT2D eigenvalue weighted by molar-refractivity contribution is 5.66. The zero-order valence-electron chi connectivity index (χ0n) is 13.2. The summed E-state index contributed by atoms with van der Waals surface area (Å²) in [6.07, 6.45) is 19.6. The molecule has 0 heterocycles. The highest BCUT2D eigenvalue weighted by Gasteiger charge is 1.96. The Kier molecular flexibility index (Phi) is 14.1.